The molecule has 18 heavy (non-hydrogen) atoms. The topological polar surface area (TPSA) is 55.1 Å². The number of nitrogens with one attached hydrogen (secondary N) is 1. The smallest absolute Gasteiger partial charge is 0.248 e. The molecule has 98 valence electrons. The van der Waals surface area contributed by atoms with Crippen LogP contribution in [0.4, 0.5) is 10.1 Å². The average Bonchev–Trinajstić information content (AvgIpc) is 2.26. The second-order valence-electron chi connectivity index (χ2n) is 5.14. The quantitative estimate of drug-likeness (QED) is 0.844. The Hall–Kier alpha value is -1.58. The number of hydrogen-bond acceptors (Lipinski definition) is 2. The molecule has 1 fully saturated rings. The number of benzene rings is 1. The zero-order chi connectivity index (χ0) is 13.1. The predicted molar refractivity (Wildman–Crippen MR) is 70.0 cm³/mol. The van der Waals surface area contributed by atoms with E-state index in [-0.39, 0.29) is 11.9 Å². The lowest BCUT2D eigenvalue weighted by Crippen LogP contribution is -2.24. The molecule has 2 rings (SSSR count). The first-order chi connectivity index (χ1) is 8.56. The first-order valence-corrected chi connectivity index (χ1v) is 6.42. The number of carbonyl (C=O) groups excluding carboxylic acids is 1. The van der Waals surface area contributed by atoms with Gasteiger partial charge in [0.15, 0.2) is 0 Å². The molecule has 1 atom stereocenters. The van der Waals surface area contributed by atoms with Crippen molar-refractivity contribution in [1.82, 2.24) is 0 Å². The van der Waals surface area contributed by atoms with E-state index in [4.69, 9.17) is 5.73 Å². The Labute approximate surface area is 107 Å². The molecule has 1 unspecified atom stereocenters. The van der Waals surface area contributed by atoms with Crippen molar-refractivity contribution in [3.63, 3.8) is 0 Å². The van der Waals surface area contributed by atoms with Crippen LogP contribution in [0.5, 0.6) is 0 Å². The first kappa shape index (κ1) is 12.9. The van der Waals surface area contributed by atoms with Gasteiger partial charge in [0.05, 0.1) is 5.69 Å². The molecule has 1 aromatic carbocycles. The van der Waals surface area contributed by atoms with Crippen LogP contribution >= 0.6 is 0 Å². The molecule has 0 aromatic heterocycles. The van der Waals surface area contributed by atoms with Crippen molar-refractivity contribution in [2.24, 2.45) is 11.7 Å². The molecule has 4 heteroatoms. The van der Waals surface area contributed by atoms with Crippen LogP contribution in [-0.4, -0.2) is 11.9 Å². The minimum atomic E-state index is -0.537. The highest BCUT2D eigenvalue weighted by molar-refractivity contribution is 5.93. The Kier molecular flexibility index (Phi) is 3.84. The third-order valence-electron chi connectivity index (χ3n) is 3.56. The Morgan fingerprint density at radius 2 is 2.28 bits per heavy atom. The maximum atomic E-state index is 13.6. The van der Waals surface area contributed by atoms with Gasteiger partial charge < -0.3 is 11.1 Å². The normalized spacial score (nSPS) is 17.0. The van der Waals surface area contributed by atoms with Crippen LogP contribution in [0, 0.1) is 11.7 Å². The van der Waals surface area contributed by atoms with E-state index in [9.17, 15) is 9.18 Å². The van der Waals surface area contributed by atoms with Gasteiger partial charge in [-0.25, -0.2) is 4.39 Å². The van der Waals surface area contributed by atoms with Gasteiger partial charge in [-0.2, -0.15) is 0 Å². The van der Waals surface area contributed by atoms with Crippen molar-refractivity contribution < 1.29 is 9.18 Å². The Balaban J connectivity index is 2.02. The maximum absolute atomic E-state index is 13.6. The van der Waals surface area contributed by atoms with E-state index in [1.807, 2.05) is 6.92 Å². The van der Waals surface area contributed by atoms with Gasteiger partial charge >= 0.3 is 0 Å². The van der Waals surface area contributed by atoms with Crippen molar-refractivity contribution in [2.45, 2.75) is 38.6 Å². The summed E-state index contributed by atoms with van der Waals surface area (Å²) < 4.78 is 13.6. The molecule has 1 amide bonds. The summed E-state index contributed by atoms with van der Waals surface area (Å²) in [5.74, 6) is -0.125. The standard InChI is InChI=1S/C14H19FN2O/c1-9(7-10-3-2-4-10)17-13-8-11(14(16)18)5-6-12(13)15/h5-6,8-10,17H,2-4,7H2,1H3,(H2,16,18). The largest absolute Gasteiger partial charge is 0.380 e. The fraction of sp³-hybridized carbons (Fsp3) is 0.500. The Bertz CT molecular complexity index is 443. The lowest BCUT2D eigenvalue weighted by atomic mass is 9.81. The summed E-state index contributed by atoms with van der Waals surface area (Å²) in [6, 6.07) is 4.36. The molecule has 1 aliphatic rings. The minimum Gasteiger partial charge on any atom is -0.380 e. The van der Waals surface area contributed by atoms with E-state index < -0.39 is 5.91 Å². The number of carbonyl (C=O) groups is 1. The third-order valence-corrected chi connectivity index (χ3v) is 3.56. The van der Waals surface area contributed by atoms with Crippen LogP contribution in [0.2, 0.25) is 0 Å². The van der Waals surface area contributed by atoms with Gasteiger partial charge in [-0.3, -0.25) is 4.79 Å². The van der Waals surface area contributed by atoms with E-state index in [1.54, 1.807) is 0 Å². The van der Waals surface area contributed by atoms with Gasteiger partial charge in [-0.15, -0.1) is 0 Å². The molecule has 3 nitrogen and oxygen atoms in total. The third kappa shape index (κ3) is 3.00. The Morgan fingerprint density at radius 1 is 1.56 bits per heavy atom. The number of nitrogens with two attached hydrogens (primary N) is 1. The number of halogens is 1. The van der Waals surface area contributed by atoms with Crippen molar-refractivity contribution in [1.29, 1.82) is 0 Å². The molecule has 1 aromatic rings. The van der Waals surface area contributed by atoms with Crippen molar-refractivity contribution >= 4 is 11.6 Å². The molecule has 3 N–H and O–H groups in total. The monoisotopic (exact) mass is 250 g/mol. The second kappa shape index (κ2) is 5.38. The predicted octanol–water partition coefficient (Wildman–Crippen LogP) is 2.92. The van der Waals surface area contributed by atoms with Crippen molar-refractivity contribution in [3.8, 4) is 0 Å². The van der Waals surface area contributed by atoms with Gasteiger partial charge in [0.25, 0.3) is 0 Å². The zero-order valence-electron chi connectivity index (χ0n) is 10.6. The first-order valence-electron chi connectivity index (χ1n) is 6.42. The zero-order valence-corrected chi connectivity index (χ0v) is 10.6. The van der Waals surface area contributed by atoms with Gasteiger partial charge in [-0.05, 0) is 37.5 Å². The number of rotatable bonds is 5. The molecule has 0 spiro atoms. The van der Waals surface area contributed by atoms with Crippen LogP contribution in [-0.2, 0) is 0 Å². The van der Waals surface area contributed by atoms with Gasteiger partial charge in [0, 0.05) is 11.6 Å². The second-order valence-corrected chi connectivity index (χ2v) is 5.14. The van der Waals surface area contributed by atoms with Crippen LogP contribution in [0.15, 0.2) is 18.2 Å². The molecular formula is C14H19FN2O. The molecule has 1 saturated carbocycles. The summed E-state index contributed by atoms with van der Waals surface area (Å²) in [5.41, 5.74) is 5.87. The highest BCUT2D eigenvalue weighted by Gasteiger charge is 2.20. The summed E-state index contributed by atoms with van der Waals surface area (Å²) in [6.07, 6.45) is 4.90. The molecule has 0 aliphatic heterocycles. The molecule has 0 saturated heterocycles. The van der Waals surface area contributed by atoms with E-state index in [2.05, 4.69) is 5.32 Å². The summed E-state index contributed by atoms with van der Waals surface area (Å²) in [6.45, 7) is 2.04. The molecule has 1 aliphatic carbocycles. The summed E-state index contributed by atoms with van der Waals surface area (Å²) in [4.78, 5) is 11.1. The van der Waals surface area contributed by atoms with Gasteiger partial charge in [0.2, 0.25) is 5.91 Å². The Morgan fingerprint density at radius 3 is 2.83 bits per heavy atom. The van der Waals surface area contributed by atoms with E-state index >= 15 is 0 Å². The molecule has 0 radical (unpaired) electrons. The van der Waals surface area contributed by atoms with Gasteiger partial charge in [-0.1, -0.05) is 19.3 Å². The van der Waals surface area contributed by atoms with Gasteiger partial charge in [0.1, 0.15) is 5.82 Å². The molecule has 0 bridgehead atoms. The number of anilines is 1. The molecular weight excluding hydrogens is 231 g/mol. The minimum absolute atomic E-state index is 0.202. The van der Waals surface area contributed by atoms with Crippen LogP contribution in [0.1, 0.15) is 43.0 Å². The SMILES string of the molecule is CC(CC1CCC1)Nc1cc(C(N)=O)ccc1F. The van der Waals surface area contributed by atoms with Crippen LogP contribution in [0.25, 0.3) is 0 Å². The van der Waals surface area contributed by atoms with E-state index in [0.717, 1.165) is 12.3 Å². The lowest BCUT2D eigenvalue weighted by Gasteiger charge is -2.29. The van der Waals surface area contributed by atoms with Crippen molar-refractivity contribution in [3.05, 3.63) is 29.6 Å². The van der Waals surface area contributed by atoms with Crippen LogP contribution in [0.3, 0.4) is 0 Å². The summed E-state index contributed by atoms with van der Waals surface area (Å²) in [7, 11) is 0. The fourth-order valence-corrected chi connectivity index (χ4v) is 2.34. The summed E-state index contributed by atoms with van der Waals surface area (Å²) in [5, 5.41) is 3.12. The highest BCUT2D eigenvalue weighted by atomic mass is 19.1. The number of amides is 1. The lowest BCUT2D eigenvalue weighted by molar-refractivity contribution is 0.100. The highest BCUT2D eigenvalue weighted by Crippen LogP contribution is 2.31. The van der Waals surface area contributed by atoms with Crippen molar-refractivity contribution in [2.75, 3.05) is 5.32 Å². The maximum Gasteiger partial charge on any atom is 0.248 e. The van der Waals surface area contributed by atoms with Crippen LogP contribution < -0.4 is 11.1 Å². The van der Waals surface area contributed by atoms with E-state index in [0.29, 0.717) is 11.3 Å². The number of primary amides is 1. The van der Waals surface area contributed by atoms with E-state index in [1.165, 1.54) is 37.5 Å². The average molecular weight is 250 g/mol. The fourth-order valence-electron chi connectivity index (χ4n) is 2.34. The number of hydrogen-bond donors (Lipinski definition) is 2. The summed E-state index contributed by atoms with van der Waals surface area (Å²) >= 11 is 0. The molecule has 0 heterocycles.